The highest BCUT2D eigenvalue weighted by Gasteiger charge is 2.13. The maximum atomic E-state index is 10.7. The van der Waals surface area contributed by atoms with E-state index in [2.05, 4.69) is 6.92 Å². The van der Waals surface area contributed by atoms with E-state index in [1.807, 2.05) is 6.07 Å². The van der Waals surface area contributed by atoms with Gasteiger partial charge < -0.3 is 4.74 Å². The highest BCUT2D eigenvalue weighted by molar-refractivity contribution is 5.52. The number of hydrogen-bond donors (Lipinski definition) is 0. The molecular formula is C15H20N2O3. The Balaban J connectivity index is 2.38. The van der Waals surface area contributed by atoms with Crippen LogP contribution >= 0.6 is 0 Å². The van der Waals surface area contributed by atoms with Crippen LogP contribution in [0.2, 0.25) is 0 Å². The fourth-order valence-corrected chi connectivity index (χ4v) is 1.93. The lowest BCUT2D eigenvalue weighted by molar-refractivity contribution is -0.385. The maximum Gasteiger partial charge on any atom is 0.287 e. The van der Waals surface area contributed by atoms with Gasteiger partial charge in [-0.05, 0) is 12.5 Å². The molecule has 0 saturated carbocycles. The van der Waals surface area contributed by atoms with E-state index in [0.717, 1.165) is 12.8 Å². The fourth-order valence-electron chi connectivity index (χ4n) is 1.93. The Morgan fingerprint density at radius 2 is 1.95 bits per heavy atom. The Hall–Kier alpha value is -2.09. The molecular weight excluding hydrogens is 256 g/mol. The molecule has 0 radical (unpaired) electrons. The van der Waals surface area contributed by atoms with Crippen molar-refractivity contribution in [1.29, 1.82) is 5.26 Å². The third-order valence-corrected chi connectivity index (χ3v) is 3.05. The van der Waals surface area contributed by atoms with Gasteiger partial charge >= 0.3 is 0 Å². The number of nitro benzene ring substituents is 1. The lowest BCUT2D eigenvalue weighted by Crippen LogP contribution is -1.99. The van der Waals surface area contributed by atoms with E-state index < -0.39 is 4.92 Å². The number of rotatable bonds is 9. The molecule has 0 bridgehead atoms. The smallest absolute Gasteiger partial charge is 0.287 e. The molecule has 5 nitrogen and oxygen atoms in total. The molecule has 108 valence electrons. The first kappa shape index (κ1) is 16.0. The van der Waals surface area contributed by atoms with Gasteiger partial charge in [-0.15, -0.1) is 0 Å². The van der Waals surface area contributed by atoms with Crippen molar-refractivity contribution in [2.24, 2.45) is 0 Å². The van der Waals surface area contributed by atoms with Crippen LogP contribution in [-0.4, -0.2) is 11.5 Å². The van der Waals surface area contributed by atoms with Crippen molar-refractivity contribution in [3.8, 4) is 11.8 Å². The molecule has 0 aliphatic carbocycles. The summed E-state index contributed by atoms with van der Waals surface area (Å²) in [7, 11) is 0. The molecule has 0 aliphatic heterocycles. The third kappa shape index (κ3) is 5.27. The van der Waals surface area contributed by atoms with E-state index in [9.17, 15) is 10.1 Å². The summed E-state index contributed by atoms with van der Waals surface area (Å²) in [5.41, 5.74) is -0.144. The number of nitro groups is 1. The molecule has 0 spiro atoms. The molecule has 0 amide bonds. The van der Waals surface area contributed by atoms with Crippen LogP contribution in [0.1, 0.15) is 51.0 Å². The lowest BCUT2D eigenvalue weighted by atomic mass is 10.1. The van der Waals surface area contributed by atoms with Gasteiger partial charge in [0.1, 0.15) is 17.4 Å². The molecule has 0 saturated heterocycles. The molecule has 0 unspecified atom stereocenters. The maximum absolute atomic E-state index is 10.7. The molecule has 0 N–H and O–H groups in total. The number of hydrogen-bond acceptors (Lipinski definition) is 4. The van der Waals surface area contributed by atoms with Gasteiger partial charge in [-0.3, -0.25) is 10.1 Å². The van der Waals surface area contributed by atoms with Gasteiger partial charge in [-0.2, -0.15) is 5.26 Å². The minimum Gasteiger partial charge on any atom is -0.494 e. The molecule has 0 heterocycles. The number of unbranched alkanes of at least 4 members (excludes halogenated alkanes) is 5. The van der Waals surface area contributed by atoms with Crippen molar-refractivity contribution in [1.82, 2.24) is 0 Å². The highest BCUT2D eigenvalue weighted by atomic mass is 16.6. The first-order valence-corrected chi connectivity index (χ1v) is 7.00. The van der Waals surface area contributed by atoms with Gasteiger partial charge in [0.15, 0.2) is 0 Å². The zero-order chi connectivity index (χ0) is 14.8. The predicted octanol–water partition coefficient (Wildman–Crippen LogP) is 4.21. The van der Waals surface area contributed by atoms with Crippen LogP contribution in [-0.2, 0) is 0 Å². The van der Waals surface area contributed by atoms with Gasteiger partial charge in [0.05, 0.1) is 11.5 Å². The topological polar surface area (TPSA) is 76.2 Å². The molecule has 0 aliphatic rings. The molecule has 1 rings (SSSR count). The van der Waals surface area contributed by atoms with E-state index in [-0.39, 0.29) is 11.3 Å². The standard InChI is InChI=1S/C15H20N2O3/c1-2-3-4-5-6-7-10-20-14-8-9-15(17(18)19)13(11-14)12-16/h8-9,11H,2-7,10H2,1H3. The van der Waals surface area contributed by atoms with E-state index >= 15 is 0 Å². The van der Waals surface area contributed by atoms with Gasteiger partial charge in [0.25, 0.3) is 5.69 Å². The SMILES string of the molecule is CCCCCCCCOc1ccc([N+](=O)[O-])c(C#N)c1. The molecule has 20 heavy (non-hydrogen) atoms. The minimum absolute atomic E-state index is 0.0374. The first-order chi connectivity index (χ1) is 9.69. The normalized spacial score (nSPS) is 10.0. The van der Waals surface area contributed by atoms with Crippen LogP contribution in [0.15, 0.2) is 18.2 Å². The Kier molecular flexibility index (Phi) is 7.12. The summed E-state index contributed by atoms with van der Waals surface area (Å²) in [5, 5.41) is 19.6. The Bertz CT molecular complexity index is 480. The Morgan fingerprint density at radius 3 is 2.60 bits per heavy atom. The monoisotopic (exact) mass is 276 g/mol. The second kappa shape index (κ2) is 8.92. The average Bonchev–Trinajstić information content (AvgIpc) is 2.45. The summed E-state index contributed by atoms with van der Waals surface area (Å²) in [6.45, 7) is 2.76. The van der Waals surface area contributed by atoms with Crippen LogP contribution in [0.5, 0.6) is 5.75 Å². The summed E-state index contributed by atoms with van der Waals surface area (Å²) in [5.74, 6) is 0.515. The number of nitriles is 1. The molecule has 0 aromatic heterocycles. The van der Waals surface area contributed by atoms with Crippen molar-refractivity contribution >= 4 is 5.69 Å². The minimum atomic E-state index is -0.559. The van der Waals surface area contributed by atoms with Gasteiger partial charge in [-0.1, -0.05) is 39.0 Å². The molecule has 0 atom stereocenters. The average molecular weight is 276 g/mol. The van der Waals surface area contributed by atoms with Crippen LogP contribution in [0.3, 0.4) is 0 Å². The Labute approximate surface area is 119 Å². The summed E-state index contributed by atoms with van der Waals surface area (Å²) in [6, 6.07) is 6.10. The Morgan fingerprint density at radius 1 is 1.25 bits per heavy atom. The summed E-state index contributed by atoms with van der Waals surface area (Å²) >= 11 is 0. The summed E-state index contributed by atoms with van der Waals surface area (Å²) in [4.78, 5) is 10.1. The molecule has 0 fully saturated rings. The highest BCUT2D eigenvalue weighted by Crippen LogP contribution is 2.23. The lowest BCUT2D eigenvalue weighted by Gasteiger charge is -2.06. The van der Waals surface area contributed by atoms with Crippen LogP contribution in [0.25, 0.3) is 0 Å². The van der Waals surface area contributed by atoms with Crippen LogP contribution in [0.4, 0.5) is 5.69 Å². The second-order valence-electron chi connectivity index (χ2n) is 4.66. The van der Waals surface area contributed by atoms with Gasteiger partial charge in [-0.25, -0.2) is 0 Å². The largest absolute Gasteiger partial charge is 0.494 e. The van der Waals surface area contributed by atoms with Crippen LogP contribution < -0.4 is 4.74 Å². The zero-order valence-corrected chi connectivity index (χ0v) is 11.8. The van der Waals surface area contributed by atoms with Crippen LogP contribution in [0, 0.1) is 21.4 Å². The molecule has 5 heteroatoms. The third-order valence-electron chi connectivity index (χ3n) is 3.05. The quantitative estimate of drug-likeness (QED) is 0.384. The summed E-state index contributed by atoms with van der Waals surface area (Å²) < 4.78 is 5.52. The number of ether oxygens (including phenoxy) is 1. The van der Waals surface area contributed by atoms with Crippen molar-refractivity contribution < 1.29 is 9.66 Å². The van der Waals surface area contributed by atoms with E-state index in [1.54, 1.807) is 0 Å². The van der Waals surface area contributed by atoms with Crippen molar-refractivity contribution in [3.63, 3.8) is 0 Å². The number of benzene rings is 1. The van der Waals surface area contributed by atoms with Gasteiger partial charge in [0.2, 0.25) is 0 Å². The van der Waals surface area contributed by atoms with Crippen molar-refractivity contribution in [2.75, 3.05) is 6.61 Å². The summed E-state index contributed by atoms with van der Waals surface area (Å²) in [6.07, 6.45) is 7.05. The van der Waals surface area contributed by atoms with E-state index in [1.165, 1.54) is 43.9 Å². The van der Waals surface area contributed by atoms with Gasteiger partial charge in [0, 0.05) is 12.1 Å². The van der Waals surface area contributed by atoms with E-state index in [4.69, 9.17) is 10.00 Å². The second-order valence-corrected chi connectivity index (χ2v) is 4.66. The fraction of sp³-hybridized carbons (Fsp3) is 0.533. The molecule has 1 aromatic rings. The number of nitrogens with zero attached hydrogens (tertiary/aromatic N) is 2. The molecule has 1 aromatic carbocycles. The van der Waals surface area contributed by atoms with Crippen molar-refractivity contribution in [3.05, 3.63) is 33.9 Å². The zero-order valence-electron chi connectivity index (χ0n) is 11.8. The first-order valence-electron chi connectivity index (χ1n) is 7.00. The van der Waals surface area contributed by atoms with Crippen molar-refractivity contribution in [2.45, 2.75) is 45.4 Å². The van der Waals surface area contributed by atoms with E-state index in [0.29, 0.717) is 12.4 Å². The predicted molar refractivity (Wildman–Crippen MR) is 76.7 cm³/mol.